The fourth-order valence-corrected chi connectivity index (χ4v) is 3.24. The van der Waals surface area contributed by atoms with Crippen molar-refractivity contribution in [2.24, 2.45) is 0 Å². The van der Waals surface area contributed by atoms with Gasteiger partial charge in [0.15, 0.2) is 0 Å². The van der Waals surface area contributed by atoms with Gasteiger partial charge in [-0.2, -0.15) is 0 Å². The summed E-state index contributed by atoms with van der Waals surface area (Å²) in [7, 11) is 0. The molecule has 4 aromatic rings. The highest BCUT2D eigenvalue weighted by Crippen LogP contribution is 2.31. The molecule has 0 fully saturated rings. The van der Waals surface area contributed by atoms with E-state index in [0.29, 0.717) is 22.9 Å². The molecule has 1 amide bonds. The Labute approximate surface area is 183 Å². The highest BCUT2D eigenvalue weighted by Gasteiger charge is 2.16. The second-order valence-electron chi connectivity index (χ2n) is 7.17. The van der Waals surface area contributed by atoms with E-state index in [9.17, 15) is 14.0 Å². The highest BCUT2D eigenvalue weighted by molar-refractivity contribution is 6.04. The lowest BCUT2D eigenvalue weighted by molar-refractivity contribution is 0.102. The summed E-state index contributed by atoms with van der Waals surface area (Å²) in [6.07, 6.45) is 4.82. The zero-order valence-corrected chi connectivity index (χ0v) is 17.5. The number of carbonyl (C=O) groups excluding carboxylic acids is 1. The predicted molar refractivity (Wildman–Crippen MR) is 120 cm³/mol. The molecule has 0 aliphatic heterocycles. The van der Waals surface area contributed by atoms with E-state index >= 15 is 0 Å². The molecule has 0 atom stereocenters. The molecule has 32 heavy (non-hydrogen) atoms. The molecular formula is C25H20FN3O3. The second-order valence-corrected chi connectivity index (χ2v) is 7.17. The van der Waals surface area contributed by atoms with Crippen LogP contribution in [0.5, 0.6) is 11.5 Å². The Morgan fingerprint density at radius 3 is 2.41 bits per heavy atom. The average Bonchev–Trinajstić information content (AvgIpc) is 2.80. The van der Waals surface area contributed by atoms with E-state index < -0.39 is 17.3 Å². The number of carbonyl (C=O) groups is 1. The lowest BCUT2D eigenvalue weighted by Gasteiger charge is -2.15. The maximum Gasteiger partial charge on any atom is 0.267 e. The Balaban J connectivity index is 1.59. The summed E-state index contributed by atoms with van der Waals surface area (Å²) in [5, 5.41) is 2.81. The number of anilines is 1. The SMILES string of the molecule is Cc1c(NC(=O)c2cccn(-c3ccc(F)cc3)c2=O)ccc(Oc2ccncc2)c1C. The molecule has 1 N–H and O–H groups in total. The fourth-order valence-electron chi connectivity index (χ4n) is 3.24. The molecule has 2 aromatic carbocycles. The van der Waals surface area contributed by atoms with Crippen molar-refractivity contribution in [2.45, 2.75) is 13.8 Å². The van der Waals surface area contributed by atoms with Crippen LogP contribution in [-0.4, -0.2) is 15.5 Å². The van der Waals surface area contributed by atoms with Gasteiger partial charge in [-0.3, -0.25) is 19.1 Å². The van der Waals surface area contributed by atoms with E-state index in [2.05, 4.69) is 10.3 Å². The number of rotatable bonds is 5. The number of pyridine rings is 2. The number of halogens is 1. The number of hydrogen-bond donors (Lipinski definition) is 1. The van der Waals surface area contributed by atoms with Crippen LogP contribution in [0.25, 0.3) is 5.69 Å². The summed E-state index contributed by atoms with van der Waals surface area (Å²) in [5.41, 5.74) is 2.20. The Morgan fingerprint density at radius 1 is 0.969 bits per heavy atom. The molecule has 160 valence electrons. The molecule has 0 saturated carbocycles. The smallest absolute Gasteiger partial charge is 0.267 e. The number of hydrogen-bond acceptors (Lipinski definition) is 4. The van der Waals surface area contributed by atoms with Crippen LogP contribution in [0.2, 0.25) is 0 Å². The molecule has 0 saturated heterocycles. The number of benzene rings is 2. The first kappa shape index (κ1) is 21.0. The molecule has 0 aliphatic rings. The molecule has 7 heteroatoms. The van der Waals surface area contributed by atoms with Gasteiger partial charge in [-0.25, -0.2) is 4.39 Å². The molecular weight excluding hydrogens is 409 g/mol. The Bertz CT molecular complexity index is 1330. The van der Waals surface area contributed by atoms with Crippen molar-refractivity contribution < 1.29 is 13.9 Å². The molecule has 0 spiro atoms. The molecule has 2 aromatic heterocycles. The number of ether oxygens (including phenoxy) is 1. The Hall–Kier alpha value is -4.26. The molecule has 4 rings (SSSR count). The maximum atomic E-state index is 13.2. The minimum Gasteiger partial charge on any atom is -0.457 e. The summed E-state index contributed by atoms with van der Waals surface area (Å²) in [4.78, 5) is 29.7. The maximum absolute atomic E-state index is 13.2. The van der Waals surface area contributed by atoms with E-state index in [1.165, 1.54) is 41.1 Å². The normalized spacial score (nSPS) is 10.6. The molecule has 2 heterocycles. The van der Waals surface area contributed by atoms with Gasteiger partial charge in [-0.15, -0.1) is 0 Å². The van der Waals surface area contributed by atoms with Gasteiger partial charge in [0.25, 0.3) is 11.5 Å². The van der Waals surface area contributed by atoms with Gasteiger partial charge in [0.1, 0.15) is 22.9 Å². The summed E-state index contributed by atoms with van der Waals surface area (Å²) in [5.74, 6) is 0.379. The molecule has 0 aliphatic carbocycles. The second kappa shape index (κ2) is 8.85. The first-order chi connectivity index (χ1) is 15.4. The van der Waals surface area contributed by atoms with Crippen LogP contribution < -0.4 is 15.6 Å². The molecule has 0 unspecified atom stereocenters. The van der Waals surface area contributed by atoms with Gasteiger partial charge in [0.05, 0.1) is 0 Å². The van der Waals surface area contributed by atoms with E-state index in [1.807, 2.05) is 13.8 Å². The quantitative estimate of drug-likeness (QED) is 0.483. The van der Waals surface area contributed by atoms with Crippen LogP contribution in [0.1, 0.15) is 21.5 Å². The van der Waals surface area contributed by atoms with Crippen molar-refractivity contribution in [3.8, 4) is 17.2 Å². The number of amides is 1. The first-order valence-corrected chi connectivity index (χ1v) is 9.91. The van der Waals surface area contributed by atoms with E-state index in [4.69, 9.17) is 4.74 Å². The first-order valence-electron chi connectivity index (χ1n) is 9.91. The van der Waals surface area contributed by atoms with Gasteiger partial charge in [0.2, 0.25) is 0 Å². The van der Waals surface area contributed by atoms with Crippen molar-refractivity contribution in [1.82, 2.24) is 9.55 Å². The summed E-state index contributed by atoms with van der Waals surface area (Å²) in [6, 6.07) is 15.5. The Morgan fingerprint density at radius 2 is 1.69 bits per heavy atom. The van der Waals surface area contributed by atoms with Gasteiger partial charge >= 0.3 is 0 Å². The van der Waals surface area contributed by atoms with Crippen LogP contribution in [0, 0.1) is 19.7 Å². The lowest BCUT2D eigenvalue weighted by atomic mass is 10.1. The van der Waals surface area contributed by atoms with Crippen molar-refractivity contribution in [2.75, 3.05) is 5.32 Å². The molecule has 0 bridgehead atoms. The third-order valence-corrected chi connectivity index (χ3v) is 5.16. The molecule has 0 radical (unpaired) electrons. The van der Waals surface area contributed by atoms with Crippen molar-refractivity contribution in [3.63, 3.8) is 0 Å². The van der Waals surface area contributed by atoms with Crippen LogP contribution >= 0.6 is 0 Å². The largest absolute Gasteiger partial charge is 0.457 e. The van der Waals surface area contributed by atoms with Gasteiger partial charge < -0.3 is 10.1 Å². The van der Waals surface area contributed by atoms with Gasteiger partial charge in [-0.1, -0.05) is 0 Å². The standard InChI is InChI=1S/C25H20FN3O3/c1-16-17(2)23(32-20-11-13-27-14-12-20)10-9-22(16)28-24(30)21-4-3-15-29(25(21)31)19-7-5-18(26)6-8-19/h3-15H,1-2H3,(H,28,30). The third-order valence-electron chi connectivity index (χ3n) is 5.16. The summed E-state index contributed by atoms with van der Waals surface area (Å²) >= 11 is 0. The van der Waals surface area contributed by atoms with E-state index in [-0.39, 0.29) is 5.56 Å². The number of aromatic nitrogens is 2. The van der Waals surface area contributed by atoms with Gasteiger partial charge in [-0.05, 0) is 85.6 Å². The van der Waals surface area contributed by atoms with E-state index in [1.54, 1.807) is 42.7 Å². The van der Waals surface area contributed by atoms with Crippen molar-refractivity contribution in [3.05, 3.63) is 112 Å². The zero-order valence-electron chi connectivity index (χ0n) is 17.5. The van der Waals surface area contributed by atoms with Gasteiger partial charge in [0, 0.05) is 30.0 Å². The monoisotopic (exact) mass is 429 g/mol. The van der Waals surface area contributed by atoms with Crippen molar-refractivity contribution >= 4 is 11.6 Å². The van der Waals surface area contributed by atoms with E-state index in [0.717, 1.165) is 11.1 Å². The van der Waals surface area contributed by atoms with Crippen molar-refractivity contribution in [1.29, 1.82) is 0 Å². The average molecular weight is 429 g/mol. The fraction of sp³-hybridized carbons (Fsp3) is 0.0800. The Kier molecular flexibility index (Phi) is 5.81. The molecule has 6 nitrogen and oxygen atoms in total. The summed E-state index contributed by atoms with van der Waals surface area (Å²) in [6.45, 7) is 3.76. The number of nitrogens with zero attached hydrogens (tertiary/aromatic N) is 2. The number of nitrogens with one attached hydrogen (secondary N) is 1. The van der Waals surface area contributed by atoms with Crippen LogP contribution in [-0.2, 0) is 0 Å². The zero-order chi connectivity index (χ0) is 22.7. The third kappa shape index (κ3) is 4.27. The highest BCUT2D eigenvalue weighted by atomic mass is 19.1. The summed E-state index contributed by atoms with van der Waals surface area (Å²) < 4.78 is 20.4. The minimum atomic E-state index is -0.531. The van der Waals surface area contributed by atoms with Crippen LogP contribution in [0.4, 0.5) is 10.1 Å². The van der Waals surface area contributed by atoms with Crippen LogP contribution in [0.3, 0.4) is 0 Å². The van der Waals surface area contributed by atoms with Crippen LogP contribution in [0.15, 0.2) is 84.0 Å². The topological polar surface area (TPSA) is 73.2 Å². The lowest BCUT2D eigenvalue weighted by Crippen LogP contribution is -2.28. The predicted octanol–water partition coefficient (Wildman–Crippen LogP) is 5.03. The minimum absolute atomic E-state index is 0.0222.